The van der Waals surface area contributed by atoms with Crippen molar-refractivity contribution in [2.24, 2.45) is 0 Å². The lowest BCUT2D eigenvalue weighted by Gasteiger charge is -2.26. The highest BCUT2D eigenvalue weighted by atomic mass is 16.5. The van der Waals surface area contributed by atoms with Gasteiger partial charge in [0.05, 0.1) is 18.4 Å². The normalized spacial score (nSPS) is 22.0. The quantitative estimate of drug-likeness (QED) is 0.827. The summed E-state index contributed by atoms with van der Waals surface area (Å²) in [5.41, 5.74) is 0. The smallest absolute Gasteiger partial charge is 0.157 e. The Morgan fingerprint density at radius 3 is 2.60 bits per heavy atom. The predicted molar refractivity (Wildman–Crippen MR) is 80.1 cm³/mol. The van der Waals surface area contributed by atoms with Gasteiger partial charge in [0.25, 0.3) is 0 Å². The van der Waals surface area contributed by atoms with E-state index < -0.39 is 0 Å². The highest BCUT2D eigenvalue weighted by molar-refractivity contribution is 5.12. The molecule has 1 saturated carbocycles. The first kappa shape index (κ1) is 13.9. The summed E-state index contributed by atoms with van der Waals surface area (Å²) in [6.07, 6.45) is 14.7. The van der Waals surface area contributed by atoms with E-state index >= 15 is 0 Å². The molecule has 1 aliphatic heterocycles. The Hall–Kier alpha value is -1.03. The van der Waals surface area contributed by atoms with Gasteiger partial charge in [-0.15, -0.1) is 0 Å². The lowest BCUT2D eigenvalue weighted by Crippen LogP contribution is -2.33. The second-order valence-electron chi connectivity index (χ2n) is 6.20. The average Bonchev–Trinajstić information content (AvgIpc) is 2.98. The summed E-state index contributed by atoms with van der Waals surface area (Å²) in [7, 11) is 0. The van der Waals surface area contributed by atoms with E-state index in [1.165, 1.54) is 64.5 Å². The topological polar surface area (TPSA) is 30.3 Å². The van der Waals surface area contributed by atoms with Crippen molar-refractivity contribution in [1.29, 1.82) is 0 Å². The van der Waals surface area contributed by atoms with Crippen LogP contribution in [0.2, 0.25) is 0 Å². The molecule has 4 heteroatoms. The molecule has 0 unspecified atom stereocenters. The number of likely N-dealkylation sites (tertiary alicyclic amines) is 1. The highest BCUT2D eigenvalue weighted by Crippen LogP contribution is 2.28. The van der Waals surface area contributed by atoms with Crippen LogP contribution in [-0.2, 0) is 0 Å². The van der Waals surface area contributed by atoms with Gasteiger partial charge in [-0.25, -0.2) is 0 Å². The van der Waals surface area contributed by atoms with E-state index in [4.69, 9.17) is 4.74 Å². The van der Waals surface area contributed by atoms with Crippen LogP contribution in [0.25, 0.3) is 0 Å². The standard InChI is InChI=1S/C16H27N3O/c1-3-7-15(8-4-1)19-14-16(13-17-19)20-12-11-18-9-5-2-6-10-18/h13-15H,1-12H2. The van der Waals surface area contributed by atoms with Gasteiger partial charge in [-0.3, -0.25) is 9.58 Å². The van der Waals surface area contributed by atoms with Crippen molar-refractivity contribution in [1.82, 2.24) is 14.7 Å². The maximum absolute atomic E-state index is 5.86. The van der Waals surface area contributed by atoms with Crippen LogP contribution in [0, 0.1) is 0 Å². The van der Waals surface area contributed by atoms with Crippen LogP contribution in [0.1, 0.15) is 57.4 Å². The fraction of sp³-hybridized carbons (Fsp3) is 0.812. The number of hydrogen-bond donors (Lipinski definition) is 0. The van der Waals surface area contributed by atoms with Gasteiger partial charge in [0, 0.05) is 6.54 Å². The summed E-state index contributed by atoms with van der Waals surface area (Å²) < 4.78 is 7.98. The number of piperidine rings is 1. The molecule has 20 heavy (non-hydrogen) atoms. The van der Waals surface area contributed by atoms with Crippen LogP contribution in [0.15, 0.2) is 12.4 Å². The second-order valence-corrected chi connectivity index (χ2v) is 6.20. The van der Waals surface area contributed by atoms with E-state index in [0.717, 1.165) is 18.9 Å². The molecule has 0 bridgehead atoms. The Kier molecular flexibility index (Phi) is 4.96. The Bertz CT molecular complexity index is 392. The SMILES string of the molecule is c1nn(C2CCCCC2)cc1OCCN1CCCCC1. The maximum Gasteiger partial charge on any atom is 0.157 e. The van der Waals surface area contributed by atoms with E-state index in [1.54, 1.807) is 0 Å². The van der Waals surface area contributed by atoms with Gasteiger partial charge in [0.1, 0.15) is 6.61 Å². The number of ether oxygens (including phenoxy) is 1. The zero-order valence-corrected chi connectivity index (χ0v) is 12.5. The summed E-state index contributed by atoms with van der Waals surface area (Å²) in [4.78, 5) is 2.51. The van der Waals surface area contributed by atoms with Crippen molar-refractivity contribution >= 4 is 0 Å². The third-order valence-corrected chi connectivity index (χ3v) is 4.65. The van der Waals surface area contributed by atoms with Crippen molar-refractivity contribution < 1.29 is 4.74 Å². The number of rotatable bonds is 5. The molecule has 0 atom stereocenters. The molecule has 2 heterocycles. The van der Waals surface area contributed by atoms with Crippen molar-refractivity contribution in [2.45, 2.75) is 57.4 Å². The predicted octanol–water partition coefficient (Wildman–Crippen LogP) is 3.25. The molecule has 2 fully saturated rings. The third-order valence-electron chi connectivity index (χ3n) is 4.65. The zero-order valence-electron chi connectivity index (χ0n) is 12.5. The molecular weight excluding hydrogens is 250 g/mol. The van der Waals surface area contributed by atoms with Crippen molar-refractivity contribution in [2.75, 3.05) is 26.2 Å². The molecule has 4 nitrogen and oxygen atoms in total. The molecule has 1 saturated heterocycles. The van der Waals surface area contributed by atoms with Gasteiger partial charge in [0.2, 0.25) is 0 Å². The molecule has 0 amide bonds. The van der Waals surface area contributed by atoms with Crippen LogP contribution < -0.4 is 4.74 Å². The molecule has 2 aliphatic rings. The van der Waals surface area contributed by atoms with E-state index in [9.17, 15) is 0 Å². The number of nitrogens with zero attached hydrogens (tertiary/aromatic N) is 3. The molecule has 3 rings (SSSR count). The lowest BCUT2D eigenvalue weighted by molar-refractivity contribution is 0.183. The molecule has 0 N–H and O–H groups in total. The molecule has 0 spiro atoms. The molecule has 1 aromatic heterocycles. The fourth-order valence-corrected chi connectivity index (χ4v) is 3.42. The van der Waals surface area contributed by atoms with Gasteiger partial charge in [-0.1, -0.05) is 25.7 Å². The third kappa shape index (κ3) is 3.75. The second kappa shape index (κ2) is 7.11. The Morgan fingerprint density at radius 2 is 1.80 bits per heavy atom. The first-order valence-corrected chi connectivity index (χ1v) is 8.31. The minimum atomic E-state index is 0.600. The van der Waals surface area contributed by atoms with Crippen molar-refractivity contribution in [3.8, 4) is 5.75 Å². The summed E-state index contributed by atoms with van der Waals surface area (Å²) in [6.45, 7) is 4.32. The van der Waals surface area contributed by atoms with E-state index in [2.05, 4.69) is 20.9 Å². The Morgan fingerprint density at radius 1 is 1.05 bits per heavy atom. The van der Waals surface area contributed by atoms with Gasteiger partial charge in [-0.2, -0.15) is 5.10 Å². The van der Waals surface area contributed by atoms with Crippen LogP contribution >= 0.6 is 0 Å². The molecule has 0 radical (unpaired) electrons. The van der Waals surface area contributed by atoms with Crippen LogP contribution in [0.3, 0.4) is 0 Å². The molecule has 1 aliphatic carbocycles. The first-order valence-electron chi connectivity index (χ1n) is 8.31. The van der Waals surface area contributed by atoms with Crippen molar-refractivity contribution in [3.05, 3.63) is 12.4 Å². The number of aromatic nitrogens is 2. The summed E-state index contributed by atoms with van der Waals surface area (Å²) in [5.74, 6) is 0.938. The summed E-state index contributed by atoms with van der Waals surface area (Å²) in [6, 6.07) is 0.600. The minimum Gasteiger partial charge on any atom is -0.489 e. The molecule has 1 aromatic rings. The van der Waals surface area contributed by atoms with E-state index in [-0.39, 0.29) is 0 Å². The summed E-state index contributed by atoms with van der Waals surface area (Å²) in [5, 5.41) is 4.48. The van der Waals surface area contributed by atoms with Crippen molar-refractivity contribution in [3.63, 3.8) is 0 Å². The average molecular weight is 277 g/mol. The van der Waals surface area contributed by atoms with Gasteiger partial charge < -0.3 is 4.74 Å². The zero-order chi connectivity index (χ0) is 13.6. The monoisotopic (exact) mass is 277 g/mol. The molecule has 112 valence electrons. The van der Waals surface area contributed by atoms with Gasteiger partial charge in [0.15, 0.2) is 5.75 Å². The van der Waals surface area contributed by atoms with E-state index in [0.29, 0.717) is 6.04 Å². The van der Waals surface area contributed by atoms with Crippen LogP contribution in [0.4, 0.5) is 0 Å². The largest absolute Gasteiger partial charge is 0.489 e. The van der Waals surface area contributed by atoms with Gasteiger partial charge in [-0.05, 0) is 38.8 Å². The van der Waals surface area contributed by atoms with Crippen LogP contribution in [0.5, 0.6) is 5.75 Å². The van der Waals surface area contributed by atoms with E-state index in [1.807, 2.05) is 6.20 Å². The molecular formula is C16H27N3O. The summed E-state index contributed by atoms with van der Waals surface area (Å²) >= 11 is 0. The number of hydrogen-bond acceptors (Lipinski definition) is 3. The first-order chi connectivity index (χ1) is 9.92. The Balaban J connectivity index is 1.42. The minimum absolute atomic E-state index is 0.600. The highest BCUT2D eigenvalue weighted by Gasteiger charge is 2.16. The van der Waals surface area contributed by atoms with Crippen LogP contribution in [-0.4, -0.2) is 40.9 Å². The molecule has 0 aromatic carbocycles. The van der Waals surface area contributed by atoms with Gasteiger partial charge >= 0.3 is 0 Å². The lowest BCUT2D eigenvalue weighted by atomic mass is 9.96. The fourth-order valence-electron chi connectivity index (χ4n) is 3.42. The maximum atomic E-state index is 5.86. The Labute approximate surface area is 122 Å².